The first-order valence-corrected chi connectivity index (χ1v) is 8.95. The summed E-state index contributed by atoms with van der Waals surface area (Å²) in [4.78, 5) is 8.68. The Morgan fingerprint density at radius 1 is 1.00 bits per heavy atom. The van der Waals surface area contributed by atoms with Gasteiger partial charge in [-0.05, 0) is 48.0 Å². The number of ether oxygens (including phenoxy) is 1. The number of nitrogens with two attached hydrogens (primary N) is 1. The number of benzene rings is 3. The van der Waals surface area contributed by atoms with Crippen LogP contribution in [0.25, 0.3) is 22.2 Å². The van der Waals surface area contributed by atoms with Gasteiger partial charge in [-0.1, -0.05) is 35.9 Å². The molecule has 0 saturated heterocycles. The van der Waals surface area contributed by atoms with Crippen LogP contribution in [0, 0.1) is 11.3 Å². The molecule has 0 unspecified atom stereocenters. The lowest BCUT2D eigenvalue weighted by Gasteiger charge is -2.10. The molecule has 2 N–H and O–H groups in total. The number of aromatic nitrogens is 2. The molecule has 0 aliphatic heterocycles. The van der Waals surface area contributed by atoms with Crippen molar-refractivity contribution in [3.8, 4) is 23.1 Å². The van der Waals surface area contributed by atoms with Crippen LogP contribution in [-0.4, -0.2) is 9.97 Å². The highest BCUT2D eigenvalue weighted by atomic mass is 35.5. The van der Waals surface area contributed by atoms with Gasteiger partial charge in [0.1, 0.15) is 12.4 Å². The summed E-state index contributed by atoms with van der Waals surface area (Å²) < 4.78 is 5.91. The molecule has 0 spiro atoms. The molecule has 3 aromatic carbocycles. The third-order valence-corrected chi connectivity index (χ3v) is 4.51. The van der Waals surface area contributed by atoms with E-state index in [4.69, 9.17) is 27.3 Å². The van der Waals surface area contributed by atoms with Crippen LogP contribution in [0.4, 0.5) is 5.95 Å². The van der Waals surface area contributed by atoms with E-state index in [1.165, 1.54) is 0 Å². The van der Waals surface area contributed by atoms with Crippen molar-refractivity contribution in [2.75, 3.05) is 5.73 Å². The van der Waals surface area contributed by atoms with Crippen LogP contribution in [0.2, 0.25) is 5.02 Å². The molecule has 0 radical (unpaired) electrons. The minimum absolute atomic E-state index is 0.203. The van der Waals surface area contributed by atoms with E-state index in [1.54, 1.807) is 18.2 Å². The lowest BCUT2D eigenvalue weighted by atomic mass is 10.1. The van der Waals surface area contributed by atoms with Crippen molar-refractivity contribution in [1.29, 1.82) is 5.26 Å². The summed E-state index contributed by atoms with van der Waals surface area (Å²) >= 11 is 6.16. The molecule has 4 rings (SSSR count). The second-order valence-electron chi connectivity index (χ2n) is 6.22. The molecule has 4 aromatic rings. The predicted octanol–water partition coefficient (Wildman–Crippen LogP) is 4.98. The maximum atomic E-state index is 8.88. The van der Waals surface area contributed by atoms with Gasteiger partial charge in [0.25, 0.3) is 0 Å². The van der Waals surface area contributed by atoms with Crippen LogP contribution >= 0.6 is 11.6 Å². The summed E-state index contributed by atoms with van der Waals surface area (Å²) in [7, 11) is 0. The number of rotatable bonds is 4. The Bertz CT molecular complexity index is 1200. The lowest BCUT2D eigenvalue weighted by Crippen LogP contribution is -1.99. The summed E-state index contributed by atoms with van der Waals surface area (Å²) in [5.41, 5.74) is 9.78. The van der Waals surface area contributed by atoms with Gasteiger partial charge in [-0.25, -0.2) is 9.97 Å². The van der Waals surface area contributed by atoms with Gasteiger partial charge >= 0.3 is 0 Å². The van der Waals surface area contributed by atoms with E-state index in [0.717, 1.165) is 22.0 Å². The zero-order chi connectivity index (χ0) is 19.5. The summed E-state index contributed by atoms with van der Waals surface area (Å²) in [5.74, 6) is 0.906. The molecular weight excluding hydrogens is 372 g/mol. The van der Waals surface area contributed by atoms with Crippen LogP contribution in [0.5, 0.6) is 5.75 Å². The Labute approximate surface area is 167 Å². The first-order chi connectivity index (χ1) is 13.6. The van der Waals surface area contributed by atoms with Crippen molar-refractivity contribution in [3.05, 3.63) is 82.9 Å². The molecule has 0 atom stereocenters. The highest BCUT2D eigenvalue weighted by Crippen LogP contribution is 2.31. The number of fused-ring (bicyclic) bond motifs is 1. The molecule has 0 aliphatic carbocycles. The fourth-order valence-electron chi connectivity index (χ4n) is 2.91. The van der Waals surface area contributed by atoms with Crippen molar-refractivity contribution in [1.82, 2.24) is 9.97 Å². The zero-order valence-corrected chi connectivity index (χ0v) is 15.5. The van der Waals surface area contributed by atoms with E-state index in [2.05, 4.69) is 16.0 Å². The average molecular weight is 387 g/mol. The van der Waals surface area contributed by atoms with Crippen molar-refractivity contribution in [3.63, 3.8) is 0 Å². The second kappa shape index (κ2) is 7.55. The third-order valence-electron chi connectivity index (χ3n) is 4.27. The molecule has 0 aliphatic rings. The van der Waals surface area contributed by atoms with Crippen molar-refractivity contribution >= 4 is 28.5 Å². The Morgan fingerprint density at radius 2 is 1.82 bits per heavy atom. The van der Waals surface area contributed by atoms with Crippen molar-refractivity contribution < 1.29 is 4.74 Å². The standard InChI is InChI=1S/C22H15ClN4O/c23-17-8-9-20-19(11-17)21(27-22(25)26-20)16-2-1-3-18(10-16)28-13-15-6-4-14(12-24)5-7-15/h1-11H,13H2,(H2,25,26,27). The topological polar surface area (TPSA) is 84.8 Å². The molecule has 0 saturated carbocycles. The zero-order valence-electron chi connectivity index (χ0n) is 14.8. The van der Waals surface area contributed by atoms with E-state index < -0.39 is 0 Å². The molecule has 6 heteroatoms. The van der Waals surface area contributed by atoms with Crippen LogP contribution in [-0.2, 0) is 6.61 Å². The molecule has 0 fully saturated rings. The van der Waals surface area contributed by atoms with Crippen molar-refractivity contribution in [2.24, 2.45) is 0 Å². The maximum Gasteiger partial charge on any atom is 0.221 e. The monoisotopic (exact) mass is 386 g/mol. The Morgan fingerprint density at radius 3 is 2.61 bits per heavy atom. The Balaban J connectivity index is 1.64. The summed E-state index contributed by atoms with van der Waals surface area (Å²) in [6, 6.07) is 22.5. The highest BCUT2D eigenvalue weighted by Gasteiger charge is 2.10. The molecule has 5 nitrogen and oxygen atoms in total. The molecule has 136 valence electrons. The van der Waals surface area contributed by atoms with Crippen LogP contribution in [0.1, 0.15) is 11.1 Å². The van der Waals surface area contributed by atoms with Gasteiger partial charge in [0.05, 0.1) is 22.8 Å². The largest absolute Gasteiger partial charge is 0.489 e. The van der Waals surface area contributed by atoms with Crippen molar-refractivity contribution in [2.45, 2.75) is 6.61 Å². The molecule has 28 heavy (non-hydrogen) atoms. The van der Waals surface area contributed by atoms with Crippen LogP contribution in [0.3, 0.4) is 0 Å². The van der Waals surface area contributed by atoms with E-state index >= 15 is 0 Å². The predicted molar refractivity (Wildman–Crippen MR) is 110 cm³/mol. The Kier molecular flexibility index (Phi) is 4.79. The normalized spacial score (nSPS) is 10.6. The quantitative estimate of drug-likeness (QED) is 0.534. The average Bonchev–Trinajstić information content (AvgIpc) is 2.72. The summed E-state index contributed by atoms with van der Waals surface area (Å²) in [6.07, 6.45) is 0. The van der Waals surface area contributed by atoms with Gasteiger partial charge in [0, 0.05) is 16.0 Å². The number of hydrogen-bond acceptors (Lipinski definition) is 5. The molecule has 1 aromatic heterocycles. The first kappa shape index (κ1) is 17.8. The fraction of sp³-hybridized carbons (Fsp3) is 0.0455. The number of anilines is 1. The Hall–Kier alpha value is -3.62. The van der Waals surface area contributed by atoms with Gasteiger partial charge in [-0.2, -0.15) is 5.26 Å². The van der Waals surface area contributed by atoms with Gasteiger partial charge in [0.2, 0.25) is 5.95 Å². The second-order valence-corrected chi connectivity index (χ2v) is 6.65. The molecule has 1 heterocycles. The maximum absolute atomic E-state index is 8.88. The first-order valence-electron chi connectivity index (χ1n) is 8.57. The van der Waals surface area contributed by atoms with E-state index in [-0.39, 0.29) is 5.95 Å². The SMILES string of the molecule is N#Cc1ccc(COc2cccc(-c3nc(N)nc4ccc(Cl)cc34)c2)cc1. The number of nitriles is 1. The number of hydrogen-bond donors (Lipinski definition) is 1. The summed E-state index contributed by atoms with van der Waals surface area (Å²) in [6.45, 7) is 0.396. The van der Waals surface area contributed by atoms with Gasteiger partial charge in [0.15, 0.2) is 0 Å². The van der Waals surface area contributed by atoms with E-state index in [0.29, 0.717) is 28.6 Å². The van der Waals surface area contributed by atoms with E-state index in [1.807, 2.05) is 48.5 Å². The van der Waals surface area contributed by atoms with Crippen LogP contribution < -0.4 is 10.5 Å². The van der Waals surface area contributed by atoms with E-state index in [9.17, 15) is 0 Å². The third kappa shape index (κ3) is 3.73. The number of nitrogens with zero attached hydrogens (tertiary/aromatic N) is 3. The highest BCUT2D eigenvalue weighted by molar-refractivity contribution is 6.31. The number of nitrogen functional groups attached to an aromatic ring is 1. The van der Waals surface area contributed by atoms with Gasteiger partial charge in [-0.3, -0.25) is 0 Å². The number of halogens is 1. The molecular formula is C22H15ClN4O. The minimum Gasteiger partial charge on any atom is -0.489 e. The molecule has 0 amide bonds. The van der Waals surface area contributed by atoms with Crippen LogP contribution in [0.15, 0.2) is 66.7 Å². The van der Waals surface area contributed by atoms with Gasteiger partial charge < -0.3 is 10.5 Å². The lowest BCUT2D eigenvalue weighted by molar-refractivity contribution is 0.306. The van der Waals surface area contributed by atoms with Gasteiger partial charge in [-0.15, -0.1) is 0 Å². The smallest absolute Gasteiger partial charge is 0.221 e. The summed E-state index contributed by atoms with van der Waals surface area (Å²) in [5, 5.41) is 10.3. The minimum atomic E-state index is 0.203. The molecule has 0 bridgehead atoms. The fourth-order valence-corrected chi connectivity index (χ4v) is 3.09.